The molecule has 0 heterocycles. The molecule has 3 aromatic rings. The van der Waals surface area contributed by atoms with Crippen molar-refractivity contribution in [2.45, 2.75) is 0 Å². The second-order valence-corrected chi connectivity index (χ2v) is 5.21. The lowest BCUT2D eigenvalue weighted by Gasteiger charge is -2.10. The lowest BCUT2D eigenvalue weighted by molar-refractivity contribution is -0.118. The molecule has 0 aliphatic carbocycles. The summed E-state index contributed by atoms with van der Waals surface area (Å²) in [4.78, 5) is 12.0. The van der Waals surface area contributed by atoms with Crippen LogP contribution in [0.3, 0.4) is 0 Å². The first kappa shape index (κ1) is 16.5. The molecule has 3 rings (SSSR count). The van der Waals surface area contributed by atoms with Crippen LogP contribution in [0.15, 0.2) is 78.9 Å². The molecule has 25 heavy (non-hydrogen) atoms. The Kier molecular flexibility index (Phi) is 5.26. The highest BCUT2D eigenvalue weighted by Gasteiger charge is 2.07. The number of ether oxygens (including phenoxy) is 2. The van der Waals surface area contributed by atoms with Gasteiger partial charge in [0, 0.05) is 11.8 Å². The minimum absolute atomic E-state index is 0.0406. The van der Waals surface area contributed by atoms with Crippen molar-refractivity contribution in [1.29, 1.82) is 0 Å². The fraction of sp³-hybridized carbons (Fsp3) is 0.0500. The Morgan fingerprint density at radius 3 is 2.40 bits per heavy atom. The van der Waals surface area contributed by atoms with E-state index in [0.29, 0.717) is 17.2 Å². The van der Waals surface area contributed by atoms with Gasteiger partial charge < -0.3 is 14.8 Å². The first-order chi connectivity index (χ1) is 12.2. The van der Waals surface area contributed by atoms with Crippen LogP contribution in [0.5, 0.6) is 17.2 Å². The van der Waals surface area contributed by atoms with E-state index in [4.69, 9.17) is 9.47 Å². The zero-order valence-corrected chi connectivity index (χ0v) is 13.3. The quantitative estimate of drug-likeness (QED) is 0.713. The number of hydrogen-bond acceptors (Lipinski definition) is 3. The molecule has 0 aliphatic rings. The number of amides is 1. The number of anilines is 1. The predicted molar refractivity (Wildman–Crippen MR) is 93.5 cm³/mol. The molecule has 0 aliphatic heterocycles. The van der Waals surface area contributed by atoms with Gasteiger partial charge in [-0.2, -0.15) is 0 Å². The highest BCUT2D eigenvalue weighted by Crippen LogP contribution is 2.24. The van der Waals surface area contributed by atoms with Gasteiger partial charge in [0.05, 0.1) is 0 Å². The number of rotatable bonds is 6. The summed E-state index contributed by atoms with van der Waals surface area (Å²) in [5, 5.41) is 2.69. The summed E-state index contributed by atoms with van der Waals surface area (Å²) in [6.45, 7) is -0.287. The molecule has 126 valence electrons. The van der Waals surface area contributed by atoms with Gasteiger partial charge in [-0.25, -0.2) is 4.39 Å². The van der Waals surface area contributed by atoms with E-state index in [9.17, 15) is 9.18 Å². The van der Waals surface area contributed by atoms with E-state index < -0.39 is 5.82 Å². The molecule has 0 fully saturated rings. The number of halogens is 1. The largest absolute Gasteiger partial charge is 0.481 e. The summed E-state index contributed by atoms with van der Waals surface area (Å²) in [5.74, 6) is 0.445. The lowest BCUT2D eigenvalue weighted by atomic mass is 10.3. The topological polar surface area (TPSA) is 47.6 Å². The van der Waals surface area contributed by atoms with Crippen molar-refractivity contribution in [3.63, 3.8) is 0 Å². The first-order valence-electron chi connectivity index (χ1n) is 7.71. The average Bonchev–Trinajstić information content (AvgIpc) is 2.62. The van der Waals surface area contributed by atoms with Gasteiger partial charge in [-0.1, -0.05) is 36.4 Å². The fourth-order valence-electron chi connectivity index (χ4n) is 2.16. The number of carbonyl (C=O) groups excluding carboxylic acids is 1. The summed E-state index contributed by atoms with van der Waals surface area (Å²) >= 11 is 0. The molecule has 4 nitrogen and oxygen atoms in total. The van der Waals surface area contributed by atoms with E-state index in [1.165, 1.54) is 12.1 Å². The molecular formula is C20H16FNO3. The van der Waals surface area contributed by atoms with Crippen molar-refractivity contribution in [1.82, 2.24) is 0 Å². The monoisotopic (exact) mass is 337 g/mol. The maximum Gasteiger partial charge on any atom is 0.262 e. The predicted octanol–water partition coefficient (Wildman–Crippen LogP) is 4.64. The van der Waals surface area contributed by atoms with Gasteiger partial charge in [0.2, 0.25) is 0 Å². The molecule has 0 aromatic heterocycles. The van der Waals surface area contributed by atoms with Crippen LogP contribution >= 0.6 is 0 Å². The van der Waals surface area contributed by atoms with E-state index in [1.807, 2.05) is 30.3 Å². The first-order valence-corrected chi connectivity index (χ1v) is 7.71. The summed E-state index contributed by atoms with van der Waals surface area (Å²) in [6.07, 6.45) is 0. The highest BCUT2D eigenvalue weighted by molar-refractivity contribution is 5.92. The molecule has 1 N–H and O–H groups in total. The minimum Gasteiger partial charge on any atom is -0.481 e. The number of hydrogen-bond donors (Lipinski definition) is 1. The molecule has 0 bridgehead atoms. The Morgan fingerprint density at radius 1 is 0.880 bits per heavy atom. The normalized spacial score (nSPS) is 10.1. The van der Waals surface area contributed by atoms with Crippen molar-refractivity contribution in [2.24, 2.45) is 0 Å². The zero-order valence-electron chi connectivity index (χ0n) is 13.3. The molecule has 1 amide bonds. The van der Waals surface area contributed by atoms with Crippen molar-refractivity contribution in [3.05, 3.63) is 84.7 Å². The number of para-hydroxylation sites is 2. The molecule has 0 saturated carbocycles. The van der Waals surface area contributed by atoms with E-state index in [2.05, 4.69) is 5.32 Å². The Hall–Kier alpha value is -3.34. The molecule has 0 atom stereocenters. The fourth-order valence-corrected chi connectivity index (χ4v) is 2.16. The molecule has 0 unspecified atom stereocenters. The summed E-state index contributed by atoms with van der Waals surface area (Å²) in [7, 11) is 0. The van der Waals surface area contributed by atoms with Gasteiger partial charge in [-0.15, -0.1) is 0 Å². The molecule has 5 heteroatoms. The standard InChI is InChI=1S/C20H16FNO3/c21-18-11-4-5-12-19(18)24-14-20(23)22-15-7-6-10-17(13-15)25-16-8-2-1-3-9-16/h1-13H,14H2,(H,22,23). The van der Waals surface area contributed by atoms with Crippen LogP contribution in [0.2, 0.25) is 0 Å². The van der Waals surface area contributed by atoms with Gasteiger partial charge in [0.25, 0.3) is 5.91 Å². The van der Waals surface area contributed by atoms with Gasteiger partial charge in [-0.3, -0.25) is 4.79 Å². The third kappa shape index (κ3) is 4.81. The van der Waals surface area contributed by atoms with Crippen LogP contribution in [0, 0.1) is 5.82 Å². The number of nitrogens with one attached hydrogen (secondary N) is 1. The van der Waals surface area contributed by atoms with Crippen LogP contribution in [0.25, 0.3) is 0 Å². The highest BCUT2D eigenvalue weighted by atomic mass is 19.1. The van der Waals surface area contributed by atoms with E-state index in [0.717, 1.165) is 0 Å². The van der Waals surface area contributed by atoms with Crippen LogP contribution in [0.1, 0.15) is 0 Å². The number of benzene rings is 3. The molecule has 0 saturated heterocycles. The third-order valence-corrected chi connectivity index (χ3v) is 3.29. The Labute approximate surface area is 144 Å². The second kappa shape index (κ2) is 7.97. The van der Waals surface area contributed by atoms with E-state index >= 15 is 0 Å². The van der Waals surface area contributed by atoms with Crippen LogP contribution in [0.4, 0.5) is 10.1 Å². The van der Waals surface area contributed by atoms with Crippen LogP contribution in [-0.4, -0.2) is 12.5 Å². The third-order valence-electron chi connectivity index (χ3n) is 3.29. The molecular weight excluding hydrogens is 321 g/mol. The van der Waals surface area contributed by atoms with E-state index in [1.54, 1.807) is 36.4 Å². The Morgan fingerprint density at radius 2 is 1.60 bits per heavy atom. The van der Waals surface area contributed by atoms with E-state index in [-0.39, 0.29) is 18.3 Å². The molecule has 0 radical (unpaired) electrons. The van der Waals surface area contributed by atoms with Crippen LogP contribution in [-0.2, 0) is 4.79 Å². The van der Waals surface area contributed by atoms with Gasteiger partial charge in [0.15, 0.2) is 18.2 Å². The summed E-state index contributed by atoms with van der Waals surface area (Å²) in [5.41, 5.74) is 0.565. The smallest absolute Gasteiger partial charge is 0.262 e. The maximum atomic E-state index is 13.5. The summed E-state index contributed by atoms with van der Waals surface area (Å²) < 4.78 is 24.3. The van der Waals surface area contributed by atoms with Crippen molar-refractivity contribution >= 4 is 11.6 Å². The molecule has 3 aromatic carbocycles. The summed E-state index contributed by atoms with van der Waals surface area (Å²) in [6, 6.07) is 22.3. The van der Waals surface area contributed by atoms with Crippen molar-refractivity contribution in [2.75, 3.05) is 11.9 Å². The maximum absolute atomic E-state index is 13.5. The van der Waals surface area contributed by atoms with Gasteiger partial charge in [-0.05, 0) is 36.4 Å². The van der Waals surface area contributed by atoms with Gasteiger partial charge >= 0.3 is 0 Å². The Bertz CT molecular complexity index is 852. The minimum atomic E-state index is -0.506. The number of carbonyl (C=O) groups is 1. The Balaban J connectivity index is 1.58. The SMILES string of the molecule is O=C(COc1ccccc1F)Nc1cccc(Oc2ccccc2)c1. The average molecular weight is 337 g/mol. The van der Waals surface area contributed by atoms with Gasteiger partial charge in [0.1, 0.15) is 11.5 Å². The molecule has 0 spiro atoms. The van der Waals surface area contributed by atoms with Crippen LogP contribution < -0.4 is 14.8 Å². The zero-order chi connectivity index (χ0) is 17.5. The lowest BCUT2D eigenvalue weighted by Crippen LogP contribution is -2.20. The van der Waals surface area contributed by atoms with Crippen molar-refractivity contribution in [3.8, 4) is 17.2 Å². The van der Waals surface area contributed by atoms with Crippen molar-refractivity contribution < 1.29 is 18.7 Å². The second-order valence-electron chi connectivity index (χ2n) is 5.21.